The van der Waals surface area contributed by atoms with E-state index in [1.54, 1.807) is 61.3 Å². The molecule has 2 aliphatic rings. The number of carbonyl (C=O) groups is 2. The number of methoxy groups -OCH3 is 1. The van der Waals surface area contributed by atoms with Crippen LogP contribution < -0.4 is 20.7 Å². The number of fused-ring (bicyclic) bond motifs is 1. The smallest absolute Gasteiger partial charge is 0.323 e. The first-order valence-corrected chi connectivity index (χ1v) is 14.3. The SMILES string of the molecule is COc1ccc(NC(=O)C2=C(C)N=C3SCCCN3C2c2ccc(NC(=O)Nc3ccc(Cl)cc3Cl)cc2)cc1. The lowest BCUT2D eigenvalue weighted by molar-refractivity contribution is -0.113. The van der Waals surface area contributed by atoms with Crippen LogP contribution in [-0.4, -0.2) is 41.4 Å². The summed E-state index contributed by atoms with van der Waals surface area (Å²) in [6.45, 7) is 2.66. The number of nitrogens with one attached hydrogen (secondary N) is 3. The number of rotatable bonds is 6. The predicted molar refractivity (Wildman–Crippen MR) is 164 cm³/mol. The molecule has 5 rings (SSSR count). The highest BCUT2D eigenvalue weighted by Crippen LogP contribution is 2.40. The van der Waals surface area contributed by atoms with Crippen molar-refractivity contribution >= 4 is 69.1 Å². The summed E-state index contributed by atoms with van der Waals surface area (Å²) >= 11 is 13.8. The number of benzene rings is 3. The molecule has 8 nitrogen and oxygen atoms in total. The molecule has 3 amide bonds. The Hall–Kier alpha value is -3.66. The number of allylic oxidation sites excluding steroid dienone is 1. The van der Waals surface area contributed by atoms with Crippen LogP contribution in [0.4, 0.5) is 21.9 Å². The predicted octanol–water partition coefficient (Wildman–Crippen LogP) is 7.41. The number of hydrogen-bond acceptors (Lipinski definition) is 6. The number of amides is 3. The molecule has 206 valence electrons. The van der Waals surface area contributed by atoms with E-state index in [1.165, 1.54) is 0 Å². The van der Waals surface area contributed by atoms with Gasteiger partial charge in [0, 0.05) is 28.7 Å². The summed E-state index contributed by atoms with van der Waals surface area (Å²) < 4.78 is 5.22. The first-order valence-electron chi connectivity index (χ1n) is 12.6. The van der Waals surface area contributed by atoms with Gasteiger partial charge in [0.25, 0.3) is 5.91 Å². The van der Waals surface area contributed by atoms with Gasteiger partial charge in [0.05, 0.1) is 35.1 Å². The molecule has 0 radical (unpaired) electrons. The molecule has 3 N–H and O–H groups in total. The summed E-state index contributed by atoms with van der Waals surface area (Å²) in [5.74, 6) is 1.48. The Morgan fingerprint density at radius 2 is 1.68 bits per heavy atom. The van der Waals surface area contributed by atoms with E-state index in [0.717, 1.165) is 29.4 Å². The molecular weight excluding hydrogens is 569 g/mol. The summed E-state index contributed by atoms with van der Waals surface area (Å²) in [6, 6.07) is 18.8. The van der Waals surface area contributed by atoms with E-state index >= 15 is 0 Å². The van der Waals surface area contributed by atoms with Crippen LogP contribution in [0.2, 0.25) is 10.0 Å². The zero-order chi connectivity index (χ0) is 28.2. The molecule has 1 unspecified atom stereocenters. The van der Waals surface area contributed by atoms with Gasteiger partial charge in [-0.3, -0.25) is 4.79 Å². The van der Waals surface area contributed by atoms with Gasteiger partial charge in [-0.05, 0) is 73.5 Å². The zero-order valence-electron chi connectivity index (χ0n) is 21.8. The van der Waals surface area contributed by atoms with E-state index in [4.69, 9.17) is 32.9 Å². The molecule has 40 heavy (non-hydrogen) atoms. The van der Waals surface area contributed by atoms with Gasteiger partial charge in [-0.25, -0.2) is 9.79 Å². The van der Waals surface area contributed by atoms with Crippen LogP contribution in [0, 0.1) is 0 Å². The van der Waals surface area contributed by atoms with Gasteiger partial charge in [0.15, 0.2) is 5.17 Å². The molecule has 11 heteroatoms. The molecule has 3 aromatic rings. The lowest BCUT2D eigenvalue weighted by atomic mass is 9.93. The molecule has 1 saturated heterocycles. The van der Waals surface area contributed by atoms with Gasteiger partial charge in [-0.2, -0.15) is 0 Å². The Labute approximate surface area is 246 Å². The number of urea groups is 1. The highest BCUT2D eigenvalue weighted by molar-refractivity contribution is 8.13. The maximum Gasteiger partial charge on any atom is 0.323 e. The Kier molecular flexibility index (Phi) is 8.54. The average Bonchev–Trinajstić information content (AvgIpc) is 2.94. The molecule has 1 fully saturated rings. The van der Waals surface area contributed by atoms with Crippen LogP contribution in [0.3, 0.4) is 0 Å². The third-order valence-corrected chi connectivity index (χ3v) is 8.14. The number of thioether (sulfide) groups is 1. The summed E-state index contributed by atoms with van der Waals surface area (Å²) in [4.78, 5) is 33.2. The zero-order valence-corrected chi connectivity index (χ0v) is 24.2. The topological polar surface area (TPSA) is 95.1 Å². The first kappa shape index (κ1) is 27.9. The molecule has 2 aliphatic heterocycles. The number of aliphatic imine (C=N–C) groups is 1. The normalized spacial score (nSPS) is 16.6. The van der Waals surface area contributed by atoms with Gasteiger partial charge >= 0.3 is 6.03 Å². The second kappa shape index (κ2) is 12.2. The second-order valence-corrected chi connectivity index (χ2v) is 11.1. The van der Waals surface area contributed by atoms with Crippen molar-refractivity contribution in [2.24, 2.45) is 4.99 Å². The fourth-order valence-electron chi connectivity index (χ4n) is 4.60. The second-order valence-electron chi connectivity index (χ2n) is 9.20. The van der Waals surface area contributed by atoms with Crippen molar-refractivity contribution in [3.8, 4) is 5.75 Å². The maximum absolute atomic E-state index is 13.6. The van der Waals surface area contributed by atoms with Crippen LogP contribution in [0.5, 0.6) is 5.75 Å². The van der Waals surface area contributed by atoms with Gasteiger partial charge in [-0.15, -0.1) is 0 Å². The first-order chi connectivity index (χ1) is 19.3. The number of hydrogen-bond donors (Lipinski definition) is 3. The van der Waals surface area contributed by atoms with Crippen LogP contribution in [-0.2, 0) is 4.79 Å². The van der Waals surface area contributed by atoms with Gasteiger partial charge in [0.1, 0.15) is 5.75 Å². The monoisotopic (exact) mass is 595 g/mol. The minimum Gasteiger partial charge on any atom is -0.497 e. The average molecular weight is 597 g/mol. The maximum atomic E-state index is 13.6. The van der Waals surface area contributed by atoms with Crippen molar-refractivity contribution < 1.29 is 14.3 Å². The van der Waals surface area contributed by atoms with Crippen molar-refractivity contribution in [3.63, 3.8) is 0 Å². The number of anilines is 3. The van der Waals surface area contributed by atoms with Crippen molar-refractivity contribution in [1.29, 1.82) is 0 Å². The van der Waals surface area contributed by atoms with Crippen molar-refractivity contribution in [2.75, 3.05) is 35.4 Å². The Morgan fingerprint density at radius 3 is 2.38 bits per heavy atom. The number of amidine groups is 1. The van der Waals surface area contributed by atoms with E-state index in [1.807, 2.05) is 31.2 Å². The molecule has 0 bridgehead atoms. The third-order valence-electron chi connectivity index (χ3n) is 6.51. The van der Waals surface area contributed by atoms with E-state index < -0.39 is 6.03 Å². The molecule has 2 heterocycles. The van der Waals surface area contributed by atoms with Crippen LogP contribution in [0.25, 0.3) is 0 Å². The summed E-state index contributed by atoms with van der Waals surface area (Å²) in [6.07, 6.45) is 0.986. The van der Waals surface area contributed by atoms with E-state index in [0.29, 0.717) is 44.1 Å². The van der Waals surface area contributed by atoms with Gasteiger partial charge in [-0.1, -0.05) is 47.1 Å². The largest absolute Gasteiger partial charge is 0.497 e. The summed E-state index contributed by atoms with van der Waals surface area (Å²) in [5.41, 5.74) is 3.88. The third kappa shape index (κ3) is 6.22. The number of nitrogens with zero attached hydrogens (tertiary/aromatic N) is 2. The van der Waals surface area contributed by atoms with E-state index in [-0.39, 0.29) is 11.9 Å². The van der Waals surface area contributed by atoms with E-state index in [2.05, 4.69) is 20.9 Å². The number of halogens is 2. The highest BCUT2D eigenvalue weighted by atomic mass is 35.5. The van der Waals surface area contributed by atoms with Crippen molar-refractivity contribution in [1.82, 2.24) is 4.90 Å². The van der Waals surface area contributed by atoms with Crippen LogP contribution in [0.15, 0.2) is 83.0 Å². The van der Waals surface area contributed by atoms with Crippen molar-refractivity contribution in [2.45, 2.75) is 19.4 Å². The molecule has 1 atom stereocenters. The van der Waals surface area contributed by atoms with E-state index in [9.17, 15) is 9.59 Å². The molecular formula is C29H27Cl2N5O3S. The quantitative estimate of drug-likeness (QED) is 0.276. The molecule has 0 aliphatic carbocycles. The Morgan fingerprint density at radius 1 is 0.975 bits per heavy atom. The Bertz CT molecular complexity index is 1490. The molecule has 0 saturated carbocycles. The minimum atomic E-state index is -0.438. The number of carbonyl (C=O) groups excluding carboxylic acids is 2. The van der Waals surface area contributed by atoms with Crippen LogP contribution in [0.1, 0.15) is 24.9 Å². The fraction of sp³-hybridized carbons (Fsp3) is 0.207. The Balaban J connectivity index is 1.37. The lowest BCUT2D eigenvalue weighted by Gasteiger charge is -2.41. The fourth-order valence-corrected chi connectivity index (χ4v) is 6.08. The molecule has 3 aromatic carbocycles. The summed E-state index contributed by atoms with van der Waals surface area (Å²) in [7, 11) is 1.60. The molecule has 0 aromatic heterocycles. The summed E-state index contributed by atoms with van der Waals surface area (Å²) in [5, 5.41) is 10.3. The number of ether oxygens (including phenoxy) is 1. The molecule has 0 spiro atoms. The van der Waals surface area contributed by atoms with Gasteiger partial charge < -0.3 is 25.6 Å². The highest BCUT2D eigenvalue weighted by Gasteiger charge is 2.37. The van der Waals surface area contributed by atoms with Crippen LogP contribution >= 0.6 is 35.0 Å². The van der Waals surface area contributed by atoms with Gasteiger partial charge in [0.2, 0.25) is 0 Å². The standard InChI is InChI=1S/C29H27Cl2N5O3S/c1-17-25(27(37)33-20-9-11-22(39-2)12-10-20)26(36-14-3-15-40-29(36)32-17)18-4-7-21(8-5-18)34-28(38)35-24-13-6-19(30)16-23(24)31/h4-13,16,26H,3,14-15H2,1-2H3,(H,33,37)(H2,34,35,38). The minimum absolute atomic E-state index is 0.215. The van der Waals surface area contributed by atoms with Crippen molar-refractivity contribution in [3.05, 3.63) is 93.6 Å². The lowest BCUT2D eigenvalue weighted by Crippen LogP contribution is -2.43.